The topological polar surface area (TPSA) is 41.1 Å². The molecule has 1 saturated heterocycles. The molecule has 1 aliphatic heterocycles. The smallest absolute Gasteiger partial charge is 0.227 e. The summed E-state index contributed by atoms with van der Waals surface area (Å²) in [5, 5.41) is 3.38. The summed E-state index contributed by atoms with van der Waals surface area (Å²) in [6.07, 6.45) is 7.69. The molecule has 3 aromatic carbocycles. The summed E-state index contributed by atoms with van der Waals surface area (Å²) in [5.41, 5.74) is 7.17. The van der Waals surface area contributed by atoms with E-state index < -0.39 is 0 Å². The summed E-state index contributed by atoms with van der Waals surface area (Å²) in [7, 11) is 0. The third kappa shape index (κ3) is 5.53. The van der Waals surface area contributed by atoms with Crippen molar-refractivity contribution < 1.29 is 4.39 Å². The van der Waals surface area contributed by atoms with Gasteiger partial charge < -0.3 is 10.2 Å². The van der Waals surface area contributed by atoms with Crippen molar-refractivity contribution in [3.8, 4) is 11.3 Å². The molecule has 0 saturated carbocycles. The van der Waals surface area contributed by atoms with Crippen molar-refractivity contribution in [2.45, 2.75) is 38.0 Å². The lowest BCUT2D eigenvalue weighted by molar-refractivity contribution is 0.231. The molecule has 0 unspecified atom stereocenters. The molecule has 0 radical (unpaired) electrons. The van der Waals surface area contributed by atoms with Crippen LogP contribution >= 0.6 is 12.4 Å². The van der Waals surface area contributed by atoms with Gasteiger partial charge in [-0.15, -0.1) is 12.4 Å². The van der Waals surface area contributed by atoms with Gasteiger partial charge in [0.25, 0.3) is 0 Å². The minimum absolute atomic E-state index is 0. The van der Waals surface area contributed by atoms with Crippen LogP contribution < -0.4 is 5.32 Å². The van der Waals surface area contributed by atoms with E-state index in [1.807, 2.05) is 30.5 Å². The number of hydrogen-bond acceptors (Lipinski definition) is 4. The van der Waals surface area contributed by atoms with Crippen molar-refractivity contribution >= 4 is 24.0 Å². The van der Waals surface area contributed by atoms with Gasteiger partial charge >= 0.3 is 0 Å². The number of nitrogens with zero attached hydrogens (tertiary/aromatic N) is 3. The SMILES string of the molecule is Cl.Fc1ccccc1[C@@H]1Cc2cnc(Nc3ccc(CCN4CCCCC4)cc3)nc2-c2ccccc21. The third-order valence-corrected chi connectivity index (χ3v) is 7.54. The average molecular weight is 515 g/mol. The monoisotopic (exact) mass is 514 g/mol. The van der Waals surface area contributed by atoms with E-state index in [-0.39, 0.29) is 24.1 Å². The molecule has 6 heteroatoms. The predicted octanol–water partition coefficient (Wildman–Crippen LogP) is 7.16. The second-order valence-electron chi connectivity index (χ2n) is 9.91. The normalized spacial score (nSPS) is 16.8. The molecular formula is C31H32ClFN4. The van der Waals surface area contributed by atoms with Crippen LogP contribution in [0.15, 0.2) is 79.0 Å². The number of fused-ring (bicyclic) bond motifs is 3. The van der Waals surface area contributed by atoms with E-state index in [0.717, 1.165) is 46.6 Å². The summed E-state index contributed by atoms with van der Waals surface area (Å²) in [6.45, 7) is 3.60. The molecule has 6 rings (SSSR count). The van der Waals surface area contributed by atoms with E-state index in [1.165, 1.54) is 44.0 Å². The highest BCUT2D eigenvalue weighted by molar-refractivity contribution is 5.85. The molecule has 37 heavy (non-hydrogen) atoms. The van der Waals surface area contributed by atoms with E-state index in [0.29, 0.717) is 12.4 Å². The fraction of sp³-hybridized carbons (Fsp3) is 0.290. The van der Waals surface area contributed by atoms with Crippen LogP contribution in [0.4, 0.5) is 16.0 Å². The Hall–Kier alpha value is -3.28. The van der Waals surface area contributed by atoms with Gasteiger partial charge in [0.05, 0.1) is 5.69 Å². The zero-order chi connectivity index (χ0) is 24.3. The Morgan fingerprint density at radius 2 is 1.59 bits per heavy atom. The van der Waals surface area contributed by atoms with Gasteiger partial charge in [0.15, 0.2) is 0 Å². The molecule has 4 aromatic rings. The first-order valence-corrected chi connectivity index (χ1v) is 13.0. The Morgan fingerprint density at radius 1 is 0.865 bits per heavy atom. The van der Waals surface area contributed by atoms with Crippen molar-refractivity contribution in [1.29, 1.82) is 0 Å². The van der Waals surface area contributed by atoms with E-state index in [9.17, 15) is 4.39 Å². The average Bonchev–Trinajstić information content (AvgIpc) is 2.93. The Kier molecular flexibility index (Phi) is 7.82. The second kappa shape index (κ2) is 11.4. The largest absolute Gasteiger partial charge is 0.324 e. The number of hydrogen-bond donors (Lipinski definition) is 1. The molecule has 2 aliphatic rings. The molecular weight excluding hydrogens is 483 g/mol. The number of halogens is 2. The molecule has 1 aromatic heterocycles. The summed E-state index contributed by atoms with van der Waals surface area (Å²) in [4.78, 5) is 12.1. The first-order valence-electron chi connectivity index (χ1n) is 13.0. The number of anilines is 2. The number of benzene rings is 3. The Balaban J connectivity index is 0.00000280. The lowest BCUT2D eigenvalue weighted by Crippen LogP contribution is -2.31. The number of rotatable bonds is 6. The van der Waals surface area contributed by atoms with Gasteiger partial charge in [0.2, 0.25) is 5.95 Å². The van der Waals surface area contributed by atoms with Gasteiger partial charge in [-0.1, -0.05) is 61.0 Å². The number of aromatic nitrogens is 2. The summed E-state index contributed by atoms with van der Waals surface area (Å²) < 4.78 is 14.7. The van der Waals surface area contributed by atoms with Crippen molar-refractivity contribution in [3.05, 3.63) is 107 Å². The lowest BCUT2D eigenvalue weighted by Gasteiger charge is -2.27. The highest BCUT2D eigenvalue weighted by atomic mass is 35.5. The molecule has 1 aliphatic carbocycles. The van der Waals surface area contributed by atoms with Crippen LogP contribution in [0.25, 0.3) is 11.3 Å². The fourth-order valence-corrected chi connectivity index (χ4v) is 5.59. The van der Waals surface area contributed by atoms with Crippen molar-refractivity contribution in [2.75, 3.05) is 25.0 Å². The van der Waals surface area contributed by atoms with Crippen LogP contribution in [0.1, 0.15) is 47.4 Å². The van der Waals surface area contributed by atoms with Crippen LogP contribution in [0.3, 0.4) is 0 Å². The lowest BCUT2D eigenvalue weighted by atomic mass is 9.78. The quantitative estimate of drug-likeness (QED) is 0.296. The van der Waals surface area contributed by atoms with Crippen LogP contribution in [0, 0.1) is 5.82 Å². The molecule has 1 atom stereocenters. The fourth-order valence-electron chi connectivity index (χ4n) is 5.59. The molecule has 1 N–H and O–H groups in total. The molecule has 2 heterocycles. The van der Waals surface area contributed by atoms with Gasteiger partial charge in [-0.3, -0.25) is 0 Å². The van der Waals surface area contributed by atoms with Crippen LogP contribution in [-0.2, 0) is 12.8 Å². The molecule has 0 bridgehead atoms. The van der Waals surface area contributed by atoms with E-state index in [2.05, 4.69) is 51.6 Å². The minimum Gasteiger partial charge on any atom is -0.324 e. The maximum Gasteiger partial charge on any atom is 0.227 e. The Labute approximate surface area is 224 Å². The van der Waals surface area contributed by atoms with Crippen molar-refractivity contribution in [3.63, 3.8) is 0 Å². The summed E-state index contributed by atoms with van der Waals surface area (Å²) in [6, 6.07) is 23.9. The van der Waals surface area contributed by atoms with E-state index in [4.69, 9.17) is 4.98 Å². The van der Waals surface area contributed by atoms with Gasteiger partial charge in [0.1, 0.15) is 5.82 Å². The van der Waals surface area contributed by atoms with Crippen LogP contribution in [0.2, 0.25) is 0 Å². The summed E-state index contributed by atoms with van der Waals surface area (Å²) >= 11 is 0. The minimum atomic E-state index is -0.167. The zero-order valence-corrected chi connectivity index (χ0v) is 21.7. The van der Waals surface area contributed by atoms with Gasteiger partial charge in [0, 0.05) is 29.9 Å². The van der Waals surface area contributed by atoms with Crippen LogP contribution in [-0.4, -0.2) is 34.5 Å². The highest BCUT2D eigenvalue weighted by Crippen LogP contribution is 2.42. The Morgan fingerprint density at radius 3 is 2.38 bits per heavy atom. The van der Waals surface area contributed by atoms with E-state index >= 15 is 0 Å². The third-order valence-electron chi connectivity index (χ3n) is 7.54. The van der Waals surface area contributed by atoms with Gasteiger partial charge in [-0.25, -0.2) is 14.4 Å². The number of piperidine rings is 1. The zero-order valence-electron chi connectivity index (χ0n) is 20.9. The molecule has 4 nitrogen and oxygen atoms in total. The maximum atomic E-state index is 14.7. The molecule has 0 spiro atoms. The number of nitrogens with one attached hydrogen (secondary N) is 1. The first-order chi connectivity index (χ1) is 17.7. The predicted molar refractivity (Wildman–Crippen MR) is 150 cm³/mol. The highest BCUT2D eigenvalue weighted by Gasteiger charge is 2.28. The second-order valence-corrected chi connectivity index (χ2v) is 9.91. The first kappa shape index (κ1) is 25.4. The maximum absolute atomic E-state index is 14.7. The van der Waals surface area contributed by atoms with Crippen LogP contribution in [0.5, 0.6) is 0 Å². The molecule has 0 amide bonds. The van der Waals surface area contributed by atoms with Crippen molar-refractivity contribution in [2.24, 2.45) is 0 Å². The molecule has 1 fully saturated rings. The van der Waals surface area contributed by atoms with Crippen molar-refractivity contribution in [1.82, 2.24) is 14.9 Å². The van der Waals surface area contributed by atoms with E-state index in [1.54, 1.807) is 6.07 Å². The van der Waals surface area contributed by atoms with Gasteiger partial charge in [-0.2, -0.15) is 0 Å². The summed E-state index contributed by atoms with van der Waals surface area (Å²) in [5.74, 6) is 0.364. The van der Waals surface area contributed by atoms with Gasteiger partial charge in [-0.05, 0) is 79.2 Å². The Bertz CT molecular complexity index is 1350. The standard InChI is InChI=1S/C31H31FN4.ClH/c32-29-11-5-4-9-26(29)28-20-23-21-33-31(35-30(23)27-10-3-2-8-25(27)28)34-24-14-12-22(13-15-24)16-19-36-17-6-1-7-18-36;/h2-5,8-15,21,28H,1,6-7,16-20H2,(H,33,34,35);1H/t28-;/m1./s1. The molecule has 190 valence electrons. The number of likely N-dealkylation sites (tertiary alicyclic amines) is 1.